The van der Waals surface area contributed by atoms with Crippen molar-refractivity contribution in [1.29, 1.82) is 0 Å². The van der Waals surface area contributed by atoms with E-state index in [-0.39, 0.29) is 5.41 Å². The summed E-state index contributed by atoms with van der Waals surface area (Å²) in [5, 5.41) is 3.36. The Labute approximate surface area is 126 Å². The van der Waals surface area contributed by atoms with Gasteiger partial charge in [-0.15, -0.1) is 0 Å². The van der Waals surface area contributed by atoms with Crippen LogP contribution in [0, 0.1) is 0 Å². The zero-order valence-electron chi connectivity index (χ0n) is 13.6. The molecule has 1 N–H and O–H groups in total. The average molecular weight is 287 g/mol. The normalized spacial score (nSPS) is 11.7. The molecule has 0 atom stereocenters. The molecule has 0 spiro atoms. The minimum atomic E-state index is -0.0692. The Morgan fingerprint density at radius 1 is 1.24 bits per heavy atom. The largest absolute Gasteiger partial charge is 0.370 e. The maximum atomic E-state index is 4.72. The molecule has 0 aliphatic rings. The lowest BCUT2D eigenvalue weighted by atomic mass is 9.95. The van der Waals surface area contributed by atoms with Gasteiger partial charge in [0.1, 0.15) is 17.5 Å². The second-order valence-electron chi connectivity index (χ2n) is 6.38. The van der Waals surface area contributed by atoms with Crippen molar-refractivity contribution in [2.75, 3.05) is 11.9 Å². The zero-order valence-corrected chi connectivity index (χ0v) is 13.6. The van der Waals surface area contributed by atoms with Crippen LogP contribution in [-0.2, 0) is 18.9 Å². The maximum Gasteiger partial charge on any atom is 0.136 e. The summed E-state index contributed by atoms with van der Waals surface area (Å²) in [6, 6.07) is 2.03. The summed E-state index contributed by atoms with van der Waals surface area (Å²) in [5.41, 5.74) is 0.933. The molecule has 0 aliphatic heterocycles. The molecule has 114 valence electrons. The molecule has 2 aromatic rings. The van der Waals surface area contributed by atoms with Gasteiger partial charge in [0, 0.05) is 43.9 Å². The summed E-state index contributed by atoms with van der Waals surface area (Å²) in [6.45, 7) is 9.47. The van der Waals surface area contributed by atoms with E-state index >= 15 is 0 Å². The highest BCUT2D eigenvalue weighted by atomic mass is 15.1. The number of imidazole rings is 1. The van der Waals surface area contributed by atoms with Crippen LogP contribution in [0.1, 0.15) is 51.5 Å². The number of anilines is 1. The minimum Gasteiger partial charge on any atom is -0.370 e. The van der Waals surface area contributed by atoms with E-state index in [4.69, 9.17) is 4.98 Å². The zero-order chi connectivity index (χ0) is 15.5. The molecule has 0 bridgehead atoms. The van der Waals surface area contributed by atoms with E-state index in [1.165, 1.54) is 0 Å². The molecule has 5 nitrogen and oxygen atoms in total. The third kappa shape index (κ3) is 4.03. The van der Waals surface area contributed by atoms with Gasteiger partial charge >= 0.3 is 0 Å². The van der Waals surface area contributed by atoms with Crippen LogP contribution >= 0.6 is 0 Å². The van der Waals surface area contributed by atoms with Gasteiger partial charge in [-0.2, -0.15) is 0 Å². The topological polar surface area (TPSA) is 55.6 Å². The van der Waals surface area contributed by atoms with Gasteiger partial charge in [-0.25, -0.2) is 15.0 Å². The fourth-order valence-electron chi connectivity index (χ4n) is 2.00. The number of aromatic nitrogens is 4. The minimum absolute atomic E-state index is 0.0692. The van der Waals surface area contributed by atoms with Crippen molar-refractivity contribution in [3.63, 3.8) is 0 Å². The highest BCUT2D eigenvalue weighted by molar-refractivity contribution is 5.37. The summed E-state index contributed by atoms with van der Waals surface area (Å²) in [4.78, 5) is 13.7. The number of nitrogens with one attached hydrogen (secondary N) is 1. The number of aryl methyl sites for hydroxylation is 1. The predicted octanol–water partition coefficient (Wildman–Crippen LogP) is 2.92. The van der Waals surface area contributed by atoms with Gasteiger partial charge in [0.25, 0.3) is 0 Å². The lowest BCUT2D eigenvalue weighted by Crippen LogP contribution is -2.19. The fourth-order valence-corrected chi connectivity index (χ4v) is 2.00. The number of nitrogens with zero attached hydrogens (tertiary/aromatic N) is 4. The Morgan fingerprint density at radius 2 is 2.00 bits per heavy atom. The van der Waals surface area contributed by atoms with Crippen LogP contribution in [-0.4, -0.2) is 26.1 Å². The van der Waals surface area contributed by atoms with Gasteiger partial charge in [0.05, 0.1) is 5.69 Å². The lowest BCUT2D eigenvalue weighted by molar-refractivity contribution is 0.542. The van der Waals surface area contributed by atoms with E-state index in [0.29, 0.717) is 0 Å². The van der Waals surface area contributed by atoms with E-state index in [1.807, 2.05) is 30.1 Å². The second-order valence-corrected chi connectivity index (χ2v) is 6.38. The quantitative estimate of drug-likeness (QED) is 0.918. The molecule has 0 unspecified atom stereocenters. The Kier molecular flexibility index (Phi) is 4.60. The Hall–Kier alpha value is -1.91. The van der Waals surface area contributed by atoms with Crippen LogP contribution in [0.15, 0.2) is 18.5 Å². The molecule has 0 radical (unpaired) electrons. The van der Waals surface area contributed by atoms with E-state index in [2.05, 4.69) is 43.0 Å². The Balaban J connectivity index is 2.33. The monoisotopic (exact) mass is 287 g/mol. The van der Waals surface area contributed by atoms with Crippen LogP contribution in [0.5, 0.6) is 0 Å². The average Bonchev–Trinajstić information content (AvgIpc) is 2.81. The number of rotatable bonds is 5. The van der Waals surface area contributed by atoms with Crippen molar-refractivity contribution < 1.29 is 0 Å². The van der Waals surface area contributed by atoms with E-state index in [9.17, 15) is 0 Å². The third-order valence-electron chi connectivity index (χ3n) is 3.27. The predicted molar refractivity (Wildman–Crippen MR) is 85.5 cm³/mol. The molecule has 5 heteroatoms. The van der Waals surface area contributed by atoms with Gasteiger partial charge in [-0.05, 0) is 6.42 Å². The fraction of sp³-hybridized carbons (Fsp3) is 0.562. The van der Waals surface area contributed by atoms with Crippen molar-refractivity contribution >= 4 is 5.82 Å². The molecule has 0 saturated heterocycles. The first-order valence-electron chi connectivity index (χ1n) is 7.48. The number of hydrogen-bond acceptors (Lipinski definition) is 4. The summed E-state index contributed by atoms with van der Waals surface area (Å²) in [5.74, 6) is 2.78. The molecule has 2 aromatic heterocycles. The van der Waals surface area contributed by atoms with E-state index in [1.54, 1.807) is 0 Å². The first-order valence-corrected chi connectivity index (χ1v) is 7.48. The molecule has 2 rings (SSSR count). The SMILES string of the molecule is CCCNc1cc(Cc2nccn2C)nc(C(C)(C)C)n1. The molecule has 0 fully saturated rings. The summed E-state index contributed by atoms with van der Waals surface area (Å²) in [7, 11) is 2.00. The van der Waals surface area contributed by atoms with Crippen molar-refractivity contribution in [2.45, 2.75) is 46.0 Å². The van der Waals surface area contributed by atoms with Gasteiger partial charge in [-0.3, -0.25) is 0 Å². The standard InChI is InChI=1S/C16H25N5/c1-6-7-17-13-10-12(11-14-18-8-9-21(14)5)19-15(20-13)16(2,3)4/h8-10H,6-7,11H2,1-5H3,(H,17,19,20). The molecular formula is C16H25N5. The Bertz CT molecular complexity index is 595. The van der Waals surface area contributed by atoms with E-state index in [0.717, 1.165) is 42.5 Å². The van der Waals surface area contributed by atoms with Crippen molar-refractivity contribution in [2.24, 2.45) is 7.05 Å². The maximum absolute atomic E-state index is 4.72. The molecule has 0 aromatic carbocycles. The third-order valence-corrected chi connectivity index (χ3v) is 3.27. The Morgan fingerprint density at radius 3 is 2.57 bits per heavy atom. The molecule has 21 heavy (non-hydrogen) atoms. The smallest absolute Gasteiger partial charge is 0.136 e. The number of hydrogen-bond donors (Lipinski definition) is 1. The van der Waals surface area contributed by atoms with Gasteiger partial charge in [0.15, 0.2) is 0 Å². The van der Waals surface area contributed by atoms with Gasteiger partial charge in [-0.1, -0.05) is 27.7 Å². The molecular weight excluding hydrogens is 262 g/mol. The first-order chi connectivity index (χ1) is 9.90. The lowest BCUT2D eigenvalue weighted by Gasteiger charge is -2.19. The van der Waals surface area contributed by atoms with Crippen molar-refractivity contribution in [1.82, 2.24) is 19.5 Å². The first kappa shape index (κ1) is 15.5. The van der Waals surface area contributed by atoms with E-state index < -0.39 is 0 Å². The van der Waals surface area contributed by atoms with Gasteiger partial charge < -0.3 is 9.88 Å². The van der Waals surface area contributed by atoms with Gasteiger partial charge in [0.2, 0.25) is 0 Å². The van der Waals surface area contributed by atoms with Crippen LogP contribution in [0.3, 0.4) is 0 Å². The molecule has 0 aliphatic carbocycles. The second kappa shape index (κ2) is 6.24. The summed E-state index contributed by atoms with van der Waals surface area (Å²) in [6.07, 6.45) is 5.56. The summed E-state index contributed by atoms with van der Waals surface area (Å²) >= 11 is 0. The van der Waals surface area contributed by atoms with Crippen LogP contribution in [0.4, 0.5) is 5.82 Å². The van der Waals surface area contributed by atoms with Crippen molar-refractivity contribution in [3.8, 4) is 0 Å². The summed E-state index contributed by atoms with van der Waals surface area (Å²) < 4.78 is 2.03. The highest BCUT2D eigenvalue weighted by Gasteiger charge is 2.19. The van der Waals surface area contributed by atoms with Crippen molar-refractivity contribution in [3.05, 3.63) is 35.8 Å². The molecule has 0 amide bonds. The van der Waals surface area contributed by atoms with Crippen LogP contribution < -0.4 is 5.32 Å². The molecule has 2 heterocycles. The highest BCUT2D eigenvalue weighted by Crippen LogP contribution is 2.21. The van der Waals surface area contributed by atoms with Crippen LogP contribution in [0.25, 0.3) is 0 Å². The molecule has 0 saturated carbocycles. The van der Waals surface area contributed by atoms with Crippen LogP contribution in [0.2, 0.25) is 0 Å².